The zero-order chi connectivity index (χ0) is 18.4. The molecule has 0 spiro atoms. The van der Waals surface area contributed by atoms with Crippen molar-refractivity contribution in [2.45, 2.75) is 45.1 Å². The SMILES string of the molecule is CCNC(=NCC1(N2CCCC2)CCOCC1)N1CCN(C(C)=O)CC1.I. The molecule has 0 aromatic heterocycles. The van der Waals surface area contributed by atoms with Gasteiger partial charge in [0.05, 0.1) is 6.54 Å². The normalized spacial score (nSPS) is 23.9. The van der Waals surface area contributed by atoms with Crippen LogP contribution in [0.5, 0.6) is 0 Å². The van der Waals surface area contributed by atoms with Crippen LogP contribution in [0.15, 0.2) is 4.99 Å². The smallest absolute Gasteiger partial charge is 0.219 e. The molecular formula is C19H36IN5O2. The summed E-state index contributed by atoms with van der Waals surface area (Å²) in [5.74, 6) is 1.17. The van der Waals surface area contributed by atoms with Crippen LogP contribution in [-0.4, -0.2) is 97.7 Å². The van der Waals surface area contributed by atoms with E-state index >= 15 is 0 Å². The topological polar surface area (TPSA) is 60.4 Å². The Hall–Kier alpha value is -0.610. The molecule has 8 heteroatoms. The third-order valence-corrected chi connectivity index (χ3v) is 6.08. The molecule has 3 heterocycles. The molecule has 0 saturated carbocycles. The number of aliphatic imine (C=N–C) groups is 1. The lowest BCUT2D eigenvalue weighted by Gasteiger charge is -2.44. The Bertz CT molecular complexity index is 496. The molecule has 0 unspecified atom stereocenters. The first-order valence-corrected chi connectivity index (χ1v) is 10.3. The van der Waals surface area contributed by atoms with Gasteiger partial charge in [0.1, 0.15) is 0 Å². The Morgan fingerprint density at radius 3 is 2.19 bits per heavy atom. The number of halogens is 1. The number of carbonyl (C=O) groups is 1. The maximum Gasteiger partial charge on any atom is 0.219 e. The molecule has 7 nitrogen and oxygen atoms in total. The number of guanidine groups is 1. The summed E-state index contributed by atoms with van der Waals surface area (Å²) < 4.78 is 5.65. The van der Waals surface area contributed by atoms with Crippen molar-refractivity contribution in [2.24, 2.45) is 4.99 Å². The third-order valence-electron chi connectivity index (χ3n) is 6.08. The molecule has 0 radical (unpaired) electrons. The number of amides is 1. The fourth-order valence-corrected chi connectivity index (χ4v) is 4.40. The van der Waals surface area contributed by atoms with Gasteiger partial charge in [-0.05, 0) is 45.7 Å². The Balaban J connectivity index is 0.00000261. The van der Waals surface area contributed by atoms with Crippen LogP contribution in [0.25, 0.3) is 0 Å². The molecule has 3 saturated heterocycles. The van der Waals surface area contributed by atoms with Crippen molar-refractivity contribution in [3.05, 3.63) is 0 Å². The third kappa shape index (κ3) is 5.69. The lowest BCUT2D eigenvalue weighted by molar-refractivity contribution is -0.130. The summed E-state index contributed by atoms with van der Waals surface area (Å²) in [6, 6.07) is 0. The predicted molar refractivity (Wildman–Crippen MR) is 119 cm³/mol. The van der Waals surface area contributed by atoms with Crippen LogP contribution >= 0.6 is 24.0 Å². The fourth-order valence-electron chi connectivity index (χ4n) is 4.40. The summed E-state index contributed by atoms with van der Waals surface area (Å²) in [6.07, 6.45) is 4.76. The fraction of sp³-hybridized carbons (Fsp3) is 0.895. The van der Waals surface area contributed by atoms with Gasteiger partial charge in [-0.2, -0.15) is 0 Å². The molecule has 3 rings (SSSR count). The standard InChI is InChI=1S/C19H35N5O2.HI/c1-3-20-18(23-12-10-22(11-13-23)17(2)25)21-16-19(6-14-26-15-7-19)24-8-4-5-9-24;/h3-16H2,1-2H3,(H,20,21);1H. The van der Waals surface area contributed by atoms with E-state index in [1.54, 1.807) is 6.92 Å². The molecule has 156 valence electrons. The summed E-state index contributed by atoms with van der Waals surface area (Å²) >= 11 is 0. The van der Waals surface area contributed by atoms with Crippen molar-refractivity contribution < 1.29 is 9.53 Å². The van der Waals surface area contributed by atoms with Crippen LogP contribution in [0.2, 0.25) is 0 Å². The number of carbonyl (C=O) groups excluding carboxylic acids is 1. The number of nitrogens with one attached hydrogen (secondary N) is 1. The minimum absolute atomic E-state index is 0. The molecule has 3 aliphatic heterocycles. The van der Waals surface area contributed by atoms with E-state index < -0.39 is 0 Å². The lowest BCUT2D eigenvalue weighted by Crippen LogP contribution is -2.55. The zero-order valence-electron chi connectivity index (χ0n) is 16.9. The molecule has 0 aromatic carbocycles. The highest BCUT2D eigenvalue weighted by Crippen LogP contribution is 2.31. The monoisotopic (exact) mass is 493 g/mol. The molecule has 1 N–H and O–H groups in total. The van der Waals surface area contributed by atoms with Gasteiger partial charge in [-0.25, -0.2) is 0 Å². The van der Waals surface area contributed by atoms with Crippen LogP contribution in [0, 0.1) is 0 Å². The molecule has 0 bridgehead atoms. The molecule has 3 aliphatic rings. The number of ether oxygens (including phenoxy) is 1. The Kier molecular flexibility index (Phi) is 9.07. The minimum Gasteiger partial charge on any atom is -0.381 e. The minimum atomic E-state index is 0. The van der Waals surface area contributed by atoms with Crippen molar-refractivity contribution in [1.29, 1.82) is 0 Å². The molecule has 3 fully saturated rings. The number of nitrogens with zero attached hydrogens (tertiary/aromatic N) is 4. The van der Waals surface area contributed by atoms with E-state index in [0.717, 1.165) is 71.3 Å². The second kappa shape index (κ2) is 10.8. The van der Waals surface area contributed by atoms with Gasteiger partial charge in [0, 0.05) is 58.4 Å². The van der Waals surface area contributed by atoms with Crippen LogP contribution in [0.3, 0.4) is 0 Å². The quantitative estimate of drug-likeness (QED) is 0.365. The van der Waals surface area contributed by atoms with Crippen molar-refractivity contribution in [2.75, 3.05) is 65.6 Å². The van der Waals surface area contributed by atoms with Crippen LogP contribution in [-0.2, 0) is 9.53 Å². The van der Waals surface area contributed by atoms with Gasteiger partial charge in [0.2, 0.25) is 5.91 Å². The maximum atomic E-state index is 11.6. The number of piperazine rings is 1. The van der Waals surface area contributed by atoms with Crippen molar-refractivity contribution in [3.8, 4) is 0 Å². The van der Waals surface area contributed by atoms with Gasteiger partial charge >= 0.3 is 0 Å². The van der Waals surface area contributed by atoms with E-state index in [9.17, 15) is 4.79 Å². The molecule has 1 amide bonds. The molecule has 0 aromatic rings. The first-order chi connectivity index (χ1) is 12.6. The second-order valence-corrected chi connectivity index (χ2v) is 7.69. The van der Waals surface area contributed by atoms with Crippen LogP contribution in [0.4, 0.5) is 0 Å². The first kappa shape index (κ1) is 22.7. The number of rotatable bonds is 4. The van der Waals surface area contributed by atoms with Gasteiger partial charge in [0.25, 0.3) is 0 Å². The highest BCUT2D eigenvalue weighted by Gasteiger charge is 2.39. The zero-order valence-corrected chi connectivity index (χ0v) is 19.2. The maximum absolute atomic E-state index is 11.6. The summed E-state index contributed by atoms with van der Waals surface area (Å²) in [6.45, 7) is 12.8. The van der Waals surface area contributed by atoms with Gasteiger partial charge in [-0.1, -0.05) is 0 Å². The molecule has 27 heavy (non-hydrogen) atoms. The number of likely N-dealkylation sites (tertiary alicyclic amines) is 1. The summed E-state index contributed by atoms with van der Waals surface area (Å²) in [5.41, 5.74) is 0.163. The summed E-state index contributed by atoms with van der Waals surface area (Å²) in [4.78, 5) is 23.5. The van der Waals surface area contributed by atoms with Crippen molar-refractivity contribution in [1.82, 2.24) is 20.0 Å². The van der Waals surface area contributed by atoms with Crippen molar-refractivity contribution in [3.63, 3.8) is 0 Å². The van der Waals surface area contributed by atoms with Crippen LogP contribution < -0.4 is 5.32 Å². The number of hydrogen-bond acceptors (Lipinski definition) is 4. The Labute approximate surface area is 180 Å². The van der Waals surface area contributed by atoms with E-state index in [1.807, 2.05) is 4.90 Å². The van der Waals surface area contributed by atoms with Gasteiger partial charge in [0.15, 0.2) is 5.96 Å². The largest absolute Gasteiger partial charge is 0.381 e. The molecule has 0 aliphatic carbocycles. The second-order valence-electron chi connectivity index (χ2n) is 7.69. The average Bonchev–Trinajstić information content (AvgIpc) is 3.21. The summed E-state index contributed by atoms with van der Waals surface area (Å²) in [7, 11) is 0. The van der Waals surface area contributed by atoms with Gasteiger partial charge in [-0.3, -0.25) is 14.7 Å². The lowest BCUT2D eigenvalue weighted by atomic mass is 9.88. The average molecular weight is 493 g/mol. The van der Waals surface area contributed by atoms with E-state index in [0.29, 0.717) is 0 Å². The summed E-state index contributed by atoms with van der Waals surface area (Å²) in [5, 5.41) is 3.47. The highest BCUT2D eigenvalue weighted by molar-refractivity contribution is 14.0. The van der Waals surface area contributed by atoms with Crippen LogP contribution in [0.1, 0.15) is 39.5 Å². The predicted octanol–water partition coefficient (Wildman–Crippen LogP) is 1.38. The highest BCUT2D eigenvalue weighted by atomic mass is 127. The van der Waals surface area contributed by atoms with Gasteiger partial charge in [-0.15, -0.1) is 24.0 Å². The Morgan fingerprint density at radius 1 is 1.04 bits per heavy atom. The molecular weight excluding hydrogens is 457 g/mol. The van der Waals surface area contributed by atoms with E-state index in [-0.39, 0.29) is 35.4 Å². The van der Waals surface area contributed by atoms with E-state index in [2.05, 4.69) is 22.0 Å². The van der Waals surface area contributed by atoms with E-state index in [1.165, 1.54) is 25.9 Å². The van der Waals surface area contributed by atoms with Crippen molar-refractivity contribution >= 4 is 35.8 Å². The molecule has 0 atom stereocenters. The first-order valence-electron chi connectivity index (χ1n) is 10.3. The van der Waals surface area contributed by atoms with E-state index in [4.69, 9.17) is 9.73 Å². The number of hydrogen-bond donors (Lipinski definition) is 1. The Morgan fingerprint density at radius 2 is 1.63 bits per heavy atom. The van der Waals surface area contributed by atoms with Gasteiger partial charge < -0.3 is 19.9 Å².